The molecule has 124 valence electrons. The Morgan fingerprint density at radius 3 is 2.83 bits per heavy atom. The first kappa shape index (κ1) is 14.9. The molecule has 1 N–H and O–H groups in total. The zero-order valence-corrected chi connectivity index (χ0v) is 13.2. The number of benzene rings is 1. The standard InChI is InChI=1S/C15H17FN2O4S/c16-9-5-11-13(6-10(9)17-1-3-23-4-2-17)21-8-12-14(7-19)22-15(20)18(11)12/h5-6,12,14,19H,1-4,7-8H2/t12-,14-/m0/s1. The van der Waals surface area contributed by atoms with E-state index >= 15 is 0 Å². The van der Waals surface area contributed by atoms with Gasteiger partial charge in [-0.1, -0.05) is 0 Å². The van der Waals surface area contributed by atoms with Gasteiger partial charge in [-0.15, -0.1) is 0 Å². The number of aliphatic hydroxyl groups excluding tert-OH is 1. The number of hydrogen-bond acceptors (Lipinski definition) is 6. The molecule has 3 aliphatic rings. The average Bonchev–Trinajstić information content (AvgIpc) is 2.91. The molecular weight excluding hydrogens is 323 g/mol. The third-order valence-corrected chi connectivity index (χ3v) is 5.38. The molecule has 1 aromatic carbocycles. The maximum Gasteiger partial charge on any atom is 0.415 e. The Balaban J connectivity index is 1.70. The number of anilines is 2. The van der Waals surface area contributed by atoms with Gasteiger partial charge in [0.1, 0.15) is 24.2 Å². The highest BCUT2D eigenvalue weighted by molar-refractivity contribution is 7.99. The third kappa shape index (κ3) is 2.40. The van der Waals surface area contributed by atoms with Crippen LogP contribution in [0.1, 0.15) is 0 Å². The number of carbonyl (C=O) groups excluding carboxylic acids is 1. The van der Waals surface area contributed by atoms with E-state index in [4.69, 9.17) is 9.47 Å². The largest absolute Gasteiger partial charge is 0.489 e. The third-order valence-electron chi connectivity index (χ3n) is 4.44. The van der Waals surface area contributed by atoms with Crippen molar-refractivity contribution in [3.63, 3.8) is 0 Å². The van der Waals surface area contributed by atoms with Crippen molar-refractivity contribution in [2.75, 3.05) is 47.6 Å². The van der Waals surface area contributed by atoms with Crippen LogP contribution in [-0.4, -0.2) is 61.2 Å². The van der Waals surface area contributed by atoms with Gasteiger partial charge in [-0.25, -0.2) is 9.18 Å². The van der Waals surface area contributed by atoms with Gasteiger partial charge >= 0.3 is 6.09 Å². The van der Waals surface area contributed by atoms with Gasteiger partial charge in [0, 0.05) is 36.7 Å². The molecule has 8 heteroatoms. The lowest BCUT2D eigenvalue weighted by atomic mass is 10.1. The van der Waals surface area contributed by atoms with Gasteiger partial charge in [0.25, 0.3) is 0 Å². The number of aliphatic hydroxyl groups is 1. The van der Waals surface area contributed by atoms with Crippen LogP contribution in [0.15, 0.2) is 12.1 Å². The molecule has 1 amide bonds. The first-order valence-corrected chi connectivity index (χ1v) is 8.74. The van der Waals surface area contributed by atoms with E-state index in [1.54, 1.807) is 6.07 Å². The van der Waals surface area contributed by atoms with Crippen molar-refractivity contribution in [3.8, 4) is 5.75 Å². The minimum atomic E-state index is -0.641. The second-order valence-electron chi connectivity index (χ2n) is 5.72. The summed E-state index contributed by atoms with van der Waals surface area (Å²) in [5.41, 5.74) is 0.878. The van der Waals surface area contributed by atoms with Crippen LogP contribution in [0.25, 0.3) is 0 Å². The first-order chi connectivity index (χ1) is 11.2. The van der Waals surface area contributed by atoms with E-state index in [1.807, 2.05) is 16.7 Å². The fraction of sp³-hybridized carbons (Fsp3) is 0.533. The molecule has 2 saturated heterocycles. The molecule has 2 atom stereocenters. The Hall–Kier alpha value is -1.67. The number of carbonyl (C=O) groups is 1. The van der Waals surface area contributed by atoms with Crippen molar-refractivity contribution in [2.24, 2.45) is 0 Å². The van der Waals surface area contributed by atoms with Gasteiger partial charge in [-0.3, -0.25) is 4.90 Å². The molecule has 0 unspecified atom stereocenters. The van der Waals surface area contributed by atoms with Crippen molar-refractivity contribution in [2.45, 2.75) is 12.1 Å². The first-order valence-electron chi connectivity index (χ1n) is 7.59. The minimum absolute atomic E-state index is 0.227. The molecule has 23 heavy (non-hydrogen) atoms. The van der Waals surface area contributed by atoms with Crippen LogP contribution in [0.3, 0.4) is 0 Å². The monoisotopic (exact) mass is 340 g/mol. The van der Waals surface area contributed by atoms with Gasteiger partial charge < -0.3 is 19.5 Å². The van der Waals surface area contributed by atoms with Crippen LogP contribution < -0.4 is 14.5 Å². The van der Waals surface area contributed by atoms with Crippen LogP contribution in [-0.2, 0) is 4.74 Å². The number of rotatable bonds is 2. The Labute approximate surface area is 137 Å². The SMILES string of the molecule is O=C1O[C@@H](CO)[C@@H]2COc3cc(N4CCSCC4)c(F)cc3N12. The quantitative estimate of drug-likeness (QED) is 0.879. The number of amides is 1. The lowest BCUT2D eigenvalue weighted by Crippen LogP contribution is -2.45. The fourth-order valence-electron chi connectivity index (χ4n) is 3.24. The summed E-state index contributed by atoms with van der Waals surface area (Å²) in [7, 11) is 0. The Kier molecular flexibility index (Phi) is 3.73. The molecule has 6 nitrogen and oxygen atoms in total. The molecule has 0 aromatic heterocycles. The van der Waals surface area contributed by atoms with Crippen LogP contribution in [0.5, 0.6) is 5.75 Å². The predicted molar refractivity (Wildman–Crippen MR) is 85.1 cm³/mol. The number of nitrogens with zero attached hydrogens (tertiary/aromatic N) is 2. The molecular formula is C15H17FN2O4S. The second kappa shape index (κ2) is 5.76. The Morgan fingerprint density at radius 1 is 1.30 bits per heavy atom. The number of cyclic esters (lactones) is 1. The predicted octanol–water partition coefficient (Wildman–Crippen LogP) is 1.46. The van der Waals surface area contributed by atoms with Crippen molar-refractivity contribution in [3.05, 3.63) is 17.9 Å². The minimum Gasteiger partial charge on any atom is -0.489 e. The van der Waals surface area contributed by atoms with E-state index < -0.39 is 18.2 Å². The molecule has 0 saturated carbocycles. The van der Waals surface area contributed by atoms with Crippen molar-refractivity contribution < 1.29 is 23.8 Å². The summed E-state index contributed by atoms with van der Waals surface area (Å²) < 4.78 is 25.4. The van der Waals surface area contributed by atoms with Gasteiger partial charge in [-0.05, 0) is 0 Å². The van der Waals surface area contributed by atoms with E-state index in [-0.39, 0.29) is 19.0 Å². The maximum atomic E-state index is 14.6. The van der Waals surface area contributed by atoms with E-state index in [2.05, 4.69) is 0 Å². The highest BCUT2D eigenvalue weighted by Crippen LogP contribution is 2.42. The summed E-state index contributed by atoms with van der Waals surface area (Å²) in [6.07, 6.45) is -1.21. The van der Waals surface area contributed by atoms with E-state index in [0.29, 0.717) is 17.1 Å². The number of fused-ring (bicyclic) bond motifs is 3. The second-order valence-corrected chi connectivity index (χ2v) is 6.95. The highest BCUT2D eigenvalue weighted by Gasteiger charge is 2.46. The number of halogens is 1. The lowest BCUT2D eigenvalue weighted by Gasteiger charge is -2.33. The van der Waals surface area contributed by atoms with Gasteiger partial charge in [0.15, 0.2) is 6.10 Å². The maximum absolute atomic E-state index is 14.6. The molecule has 0 spiro atoms. The molecule has 0 radical (unpaired) electrons. The molecule has 3 heterocycles. The van der Waals surface area contributed by atoms with Crippen molar-refractivity contribution in [1.82, 2.24) is 0 Å². The smallest absolute Gasteiger partial charge is 0.415 e. The summed E-state index contributed by atoms with van der Waals surface area (Å²) in [5, 5.41) is 9.30. The van der Waals surface area contributed by atoms with Gasteiger partial charge in [0.2, 0.25) is 0 Å². The van der Waals surface area contributed by atoms with Gasteiger partial charge in [-0.2, -0.15) is 11.8 Å². The Bertz CT molecular complexity index is 638. The van der Waals surface area contributed by atoms with Crippen molar-refractivity contribution in [1.29, 1.82) is 0 Å². The highest BCUT2D eigenvalue weighted by atomic mass is 32.2. The number of ether oxygens (including phenoxy) is 2. The van der Waals surface area contributed by atoms with Crippen LogP contribution in [0, 0.1) is 5.82 Å². The van der Waals surface area contributed by atoms with Crippen LogP contribution in [0.4, 0.5) is 20.6 Å². The lowest BCUT2D eigenvalue weighted by molar-refractivity contribution is 0.0734. The number of hydrogen-bond donors (Lipinski definition) is 1. The molecule has 3 aliphatic heterocycles. The molecule has 2 fully saturated rings. The molecule has 1 aromatic rings. The van der Waals surface area contributed by atoms with E-state index in [1.165, 1.54) is 11.0 Å². The summed E-state index contributed by atoms with van der Waals surface area (Å²) >= 11 is 1.86. The summed E-state index contributed by atoms with van der Waals surface area (Å²) in [6.45, 7) is 1.53. The topological polar surface area (TPSA) is 62.2 Å². The molecule has 4 rings (SSSR count). The van der Waals surface area contributed by atoms with Crippen LogP contribution in [0.2, 0.25) is 0 Å². The number of thioether (sulfide) groups is 1. The molecule has 0 bridgehead atoms. The van der Waals surface area contributed by atoms with Crippen molar-refractivity contribution >= 4 is 29.2 Å². The fourth-order valence-corrected chi connectivity index (χ4v) is 4.15. The zero-order valence-electron chi connectivity index (χ0n) is 12.4. The van der Waals surface area contributed by atoms with Gasteiger partial charge in [0.05, 0.1) is 18.0 Å². The normalized spacial score (nSPS) is 26.4. The van der Waals surface area contributed by atoms with E-state index in [9.17, 15) is 14.3 Å². The summed E-state index contributed by atoms with van der Waals surface area (Å²) in [4.78, 5) is 15.4. The van der Waals surface area contributed by atoms with E-state index in [0.717, 1.165) is 24.6 Å². The Morgan fingerprint density at radius 2 is 2.09 bits per heavy atom. The zero-order chi connectivity index (χ0) is 16.0. The van der Waals surface area contributed by atoms with Crippen LogP contribution >= 0.6 is 11.8 Å². The summed E-state index contributed by atoms with van der Waals surface area (Å²) in [6, 6.07) is 2.58. The average molecular weight is 340 g/mol. The molecule has 0 aliphatic carbocycles. The summed E-state index contributed by atoms with van der Waals surface area (Å²) in [5.74, 6) is 2.04.